The van der Waals surface area contributed by atoms with Gasteiger partial charge in [-0.3, -0.25) is 24.1 Å². The first-order valence-electron chi connectivity index (χ1n) is 10.8. The number of nitrogens with zero attached hydrogens (tertiary/aromatic N) is 4. The van der Waals surface area contributed by atoms with Gasteiger partial charge in [0.2, 0.25) is 5.43 Å². The van der Waals surface area contributed by atoms with Crippen molar-refractivity contribution < 1.29 is 14.7 Å². The molecular weight excluding hydrogens is 427 g/mol. The highest BCUT2D eigenvalue weighted by molar-refractivity contribution is 7.27. The second-order valence-corrected chi connectivity index (χ2v) is 9.46. The fraction of sp³-hybridized carbons (Fsp3) is 0.435. The molecule has 3 heterocycles. The van der Waals surface area contributed by atoms with Crippen molar-refractivity contribution in [3.8, 4) is 5.75 Å². The molecule has 2 aliphatic rings. The number of carbonyl (C=O) groups is 2. The second-order valence-electron chi connectivity index (χ2n) is 8.80. The van der Waals surface area contributed by atoms with Gasteiger partial charge in [0, 0.05) is 32.9 Å². The van der Waals surface area contributed by atoms with Crippen molar-refractivity contribution in [3.05, 3.63) is 57.0 Å². The maximum Gasteiger partial charge on any atom is 0.278 e. The Morgan fingerprint density at radius 2 is 2.03 bits per heavy atom. The van der Waals surface area contributed by atoms with Crippen LogP contribution in [0.2, 0.25) is 0 Å². The molecule has 0 bridgehead atoms. The van der Waals surface area contributed by atoms with E-state index in [4.69, 9.17) is 0 Å². The molecule has 1 aromatic carbocycles. The molecule has 1 fully saturated rings. The number of fused-ring (bicyclic) bond motifs is 3. The minimum atomic E-state index is -0.819. The van der Waals surface area contributed by atoms with Crippen LogP contribution in [0.15, 0.2) is 29.2 Å². The predicted molar refractivity (Wildman–Crippen MR) is 126 cm³/mol. The normalized spacial score (nSPS) is 19.7. The standard InChI is InChI=1S/C23H29N4O4P/c1-5-25-18-8-13(2)10-26(18)27-12-17(20(28)21(29)19(27)23(25)31)22(30)24(4)11-15-6-7-16(32)9-14(15)3/h6-7,9,12-13,18,29H,5,8,10-11,32H2,1-4H3/t13-,18-/m0/s1. The van der Waals surface area contributed by atoms with Crippen LogP contribution in [0.4, 0.5) is 0 Å². The molecule has 32 heavy (non-hydrogen) atoms. The van der Waals surface area contributed by atoms with Crippen LogP contribution in [0, 0.1) is 12.8 Å². The van der Waals surface area contributed by atoms with Gasteiger partial charge in [0.15, 0.2) is 11.4 Å². The number of aromatic hydroxyl groups is 1. The van der Waals surface area contributed by atoms with E-state index in [9.17, 15) is 19.5 Å². The number of rotatable bonds is 4. The van der Waals surface area contributed by atoms with Crippen molar-refractivity contribution in [2.75, 3.05) is 25.1 Å². The SMILES string of the molecule is CCN1C(=O)c2c(O)c(=O)c(C(=O)N(C)Cc3ccc(P)cc3C)cn2N2C[C@@H](C)C[C@@H]12. The number of carbonyl (C=O) groups excluding carboxylic acids is 2. The zero-order valence-electron chi connectivity index (χ0n) is 18.8. The summed E-state index contributed by atoms with van der Waals surface area (Å²) in [6.45, 7) is 7.40. The number of aromatic nitrogens is 1. The van der Waals surface area contributed by atoms with Crippen molar-refractivity contribution >= 4 is 26.4 Å². The Bertz CT molecular complexity index is 1160. The first-order valence-corrected chi connectivity index (χ1v) is 11.4. The molecule has 1 saturated heterocycles. The van der Waals surface area contributed by atoms with Gasteiger partial charge in [0.1, 0.15) is 11.7 Å². The highest BCUT2D eigenvalue weighted by atomic mass is 31.0. The lowest BCUT2D eigenvalue weighted by Gasteiger charge is -2.42. The first kappa shape index (κ1) is 22.3. The zero-order valence-corrected chi connectivity index (χ0v) is 20.0. The molecule has 1 aromatic heterocycles. The summed E-state index contributed by atoms with van der Waals surface area (Å²) in [5.41, 5.74) is 0.969. The van der Waals surface area contributed by atoms with E-state index in [1.54, 1.807) is 11.9 Å². The van der Waals surface area contributed by atoms with Gasteiger partial charge in [-0.25, -0.2) is 0 Å². The van der Waals surface area contributed by atoms with Crippen LogP contribution in [0.1, 0.15) is 52.2 Å². The molecule has 1 unspecified atom stereocenters. The maximum absolute atomic E-state index is 13.2. The number of aryl methyl sites for hydroxylation is 1. The van der Waals surface area contributed by atoms with E-state index in [-0.39, 0.29) is 17.4 Å². The minimum absolute atomic E-state index is 0.0757. The summed E-state index contributed by atoms with van der Waals surface area (Å²) >= 11 is 0. The van der Waals surface area contributed by atoms with E-state index in [0.29, 0.717) is 25.6 Å². The fourth-order valence-electron chi connectivity index (χ4n) is 4.72. The summed E-state index contributed by atoms with van der Waals surface area (Å²) in [4.78, 5) is 42.4. The summed E-state index contributed by atoms with van der Waals surface area (Å²) < 4.78 is 1.52. The van der Waals surface area contributed by atoms with Gasteiger partial charge >= 0.3 is 0 Å². The van der Waals surface area contributed by atoms with Gasteiger partial charge < -0.3 is 14.9 Å². The average molecular weight is 456 g/mol. The quantitative estimate of drug-likeness (QED) is 0.704. The van der Waals surface area contributed by atoms with Crippen LogP contribution in [-0.2, 0) is 6.54 Å². The lowest BCUT2D eigenvalue weighted by molar-refractivity contribution is 0.0602. The third-order valence-corrected chi connectivity index (χ3v) is 6.77. The molecule has 2 aromatic rings. The van der Waals surface area contributed by atoms with E-state index >= 15 is 0 Å². The molecule has 170 valence electrons. The molecule has 4 rings (SSSR count). The number of amides is 2. The Hall–Kier alpha value is -2.86. The van der Waals surface area contributed by atoms with Gasteiger partial charge in [0.05, 0.1) is 0 Å². The van der Waals surface area contributed by atoms with Crippen LogP contribution >= 0.6 is 9.24 Å². The van der Waals surface area contributed by atoms with E-state index in [2.05, 4.69) is 16.2 Å². The Morgan fingerprint density at radius 1 is 1.31 bits per heavy atom. The van der Waals surface area contributed by atoms with Gasteiger partial charge in [-0.1, -0.05) is 25.1 Å². The molecule has 8 nitrogen and oxygen atoms in total. The molecule has 0 saturated carbocycles. The predicted octanol–water partition coefficient (Wildman–Crippen LogP) is 1.41. The van der Waals surface area contributed by atoms with E-state index in [0.717, 1.165) is 22.9 Å². The van der Waals surface area contributed by atoms with E-state index in [1.165, 1.54) is 15.8 Å². The summed E-state index contributed by atoms with van der Waals surface area (Å²) in [6, 6.07) is 5.91. The first-order chi connectivity index (χ1) is 15.1. The highest BCUT2D eigenvalue weighted by Gasteiger charge is 2.44. The van der Waals surface area contributed by atoms with Crippen LogP contribution in [0.5, 0.6) is 5.75 Å². The molecule has 0 radical (unpaired) electrons. The topological polar surface area (TPSA) is 86.1 Å². The van der Waals surface area contributed by atoms with Crippen molar-refractivity contribution in [3.63, 3.8) is 0 Å². The molecular formula is C23H29N4O4P. The molecule has 0 aliphatic carbocycles. The van der Waals surface area contributed by atoms with E-state index < -0.39 is 23.0 Å². The molecule has 9 heteroatoms. The Morgan fingerprint density at radius 3 is 2.69 bits per heavy atom. The summed E-state index contributed by atoms with van der Waals surface area (Å²) in [7, 11) is 4.27. The monoisotopic (exact) mass is 456 g/mol. The molecule has 1 N–H and O–H groups in total. The van der Waals surface area contributed by atoms with Gasteiger partial charge in [0.25, 0.3) is 11.8 Å². The lowest BCUT2D eigenvalue weighted by Crippen LogP contribution is -2.58. The number of benzene rings is 1. The number of hydrogen-bond acceptors (Lipinski definition) is 5. The zero-order chi connectivity index (χ0) is 23.3. The minimum Gasteiger partial charge on any atom is -0.502 e. The van der Waals surface area contributed by atoms with Crippen LogP contribution < -0.4 is 15.7 Å². The summed E-state index contributed by atoms with van der Waals surface area (Å²) in [5, 5.41) is 13.7. The molecule has 2 aliphatic heterocycles. The Balaban J connectivity index is 1.73. The van der Waals surface area contributed by atoms with Crippen LogP contribution in [0.3, 0.4) is 0 Å². The lowest BCUT2D eigenvalue weighted by atomic mass is 10.1. The third kappa shape index (κ3) is 3.56. The van der Waals surface area contributed by atoms with Crippen molar-refractivity contribution in [1.82, 2.24) is 14.5 Å². The highest BCUT2D eigenvalue weighted by Crippen LogP contribution is 2.32. The van der Waals surface area contributed by atoms with Crippen LogP contribution in [-0.4, -0.2) is 57.7 Å². The number of pyridine rings is 1. The van der Waals surface area contributed by atoms with E-state index in [1.807, 2.05) is 37.1 Å². The fourth-order valence-corrected chi connectivity index (χ4v) is 5.06. The smallest absolute Gasteiger partial charge is 0.278 e. The van der Waals surface area contributed by atoms with Gasteiger partial charge in [-0.15, -0.1) is 9.24 Å². The van der Waals surface area contributed by atoms with Crippen LogP contribution in [0.25, 0.3) is 0 Å². The van der Waals surface area contributed by atoms with Crippen molar-refractivity contribution in [2.24, 2.45) is 5.92 Å². The second kappa shape index (κ2) is 8.24. The van der Waals surface area contributed by atoms with Gasteiger partial charge in [-0.2, -0.15) is 0 Å². The summed E-state index contributed by atoms with van der Waals surface area (Å²) in [6.07, 6.45) is 2.05. The largest absolute Gasteiger partial charge is 0.502 e. The molecule has 0 spiro atoms. The maximum atomic E-state index is 13.2. The summed E-state index contributed by atoms with van der Waals surface area (Å²) in [5.74, 6) is -1.23. The Labute approximate surface area is 189 Å². The van der Waals surface area contributed by atoms with Gasteiger partial charge in [-0.05, 0) is 42.6 Å². The number of hydrogen-bond donors (Lipinski definition) is 1. The molecule has 2 amide bonds. The average Bonchev–Trinajstić information content (AvgIpc) is 3.13. The third-order valence-electron chi connectivity index (χ3n) is 6.41. The van der Waals surface area contributed by atoms with Crippen molar-refractivity contribution in [1.29, 1.82) is 0 Å². The Kier molecular flexibility index (Phi) is 5.76. The van der Waals surface area contributed by atoms with Crippen molar-refractivity contribution in [2.45, 2.75) is 39.9 Å². The molecule has 3 atom stereocenters.